The Morgan fingerprint density at radius 2 is 2.15 bits per heavy atom. The largest absolute Gasteiger partial charge is 0.269 e. The van der Waals surface area contributed by atoms with Crippen molar-refractivity contribution in [3.05, 3.63) is 36.0 Å². The third-order valence-electron chi connectivity index (χ3n) is 2.72. The van der Waals surface area contributed by atoms with Crippen molar-refractivity contribution in [2.45, 2.75) is 13.8 Å². The molecule has 0 bridgehead atoms. The molecule has 0 fully saturated rings. The van der Waals surface area contributed by atoms with Crippen LogP contribution >= 0.6 is 0 Å². The average Bonchev–Trinajstić information content (AvgIpc) is 2.07. The summed E-state index contributed by atoms with van der Waals surface area (Å²) in [4.78, 5) is 15.1. The summed E-state index contributed by atoms with van der Waals surface area (Å²) in [5.41, 5.74) is 1.74. The Bertz CT molecular complexity index is 385. The highest BCUT2D eigenvalue weighted by molar-refractivity contribution is 6.08. The predicted molar refractivity (Wildman–Crippen MR) is 52.6 cm³/mol. The maximum Gasteiger partial charge on any atom is 0.269 e. The molecule has 1 aliphatic heterocycles. The molecule has 0 aromatic carbocycles. The maximum absolute atomic E-state index is 11.1. The molecule has 0 N–H and O–H groups in total. The van der Waals surface area contributed by atoms with Crippen molar-refractivity contribution in [2.75, 3.05) is 0 Å². The van der Waals surface area contributed by atoms with Gasteiger partial charge in [-0.15, -0.1) is 0 Å². The number of dihydropyridines is 1. The molecule has 0 aromatic heterocycles. The van der Waals surface area contributed by atoms with Crippen LogP contribution in [0.25, 0.3) is 0 Å². The molecule has 2 aliphatic rings. The molecule has 2 nitrogen and oxygen atoms in total. The van der Waals surface area contributed by atoms with Crippen molar-refractivity contribution in [3.63, 3.8) is 0 Å². The van der Waals surface area contributed by atoms with E-state index in [4.69, 9.17) is 0 Å². The van der Waals surface area contributed by atoms with Gasteiger partial charge in [0, 0.05) is 17.2 Å². The molecule has 13 heavy (non-hydrogen) atoms. The fourth-order valence-corrected chi connectivity index (χ4v) is 1.65. The first-order valence-electron chi connectivity index (χ1n) is 4.31. The van der Waals surface area contributed by atoms with E-state index in [1.807, 2.05) is 25.2 Å². The standard InChI is InChI=1S/C11H11NO/c1-8-11(2)6-4-3-5-9(11)7-10(13)12-8/h3-7H,1-2H3. The van der Waals surface area contributed by atoms with Gasteiger partial charge in [-0.2, -0.15) is 0 Å². The van der Waals surface area contributed by atoms with Crippen LogP contribution in [0.2, 0.25) is 0 Å². The van der Waals surface area contributed by atoms with Gasteiger partial charge < -0.3 is 0 Å². The van der Waals surface area contributed by atoms with Crippen LogP contribution in [-0.2, 0) is 4.79 Å². The summed E-state index contributed by atoms with van der Waals surface area (Å²) in [5.74, 6) is -0.148. The van der Waals surface area contributed by atoms with Crippen LogP contribution in [0.5, 0.6) is 0 Å². The minimum atomic E-state index is -0.164. The Balaban J connectivity index is 2.56. The summed E-state index contributed by atoms with van der Waals surface area (Å²) in [5, 5.41) is 0. The molecule has 2 heteroatoms. The lowest BCUT2D eigenvalue weighted by molar-refractivity contribution is -0.113. The molecule has 0 radical (unpaired) electrons. The lowest BCUT2D eigenvalue weighted by atomic mass is 9.74. The SMILES string of the molecule is CC1=NC(=O)C=C2C=CC=CC21C. The van der Waals surface area contributed by atoms with E-state index in [2.05, 4.69) is 18.0 Å². The van der Waals surface area contributed by atoms with E-state index < -0.39 is 0 Å². The monoisotopic (exact) mass is 173 g/mol. The highest BCUT2D eigenvalue weighted by Gasteiger charge is 2.32. The van der Waals surface area contributed by atoms with Crippen molar-refractivity contribution >= 4 is 11.6 Å². The molecule has 1 heterocycles. The van der Waals surface area contributed by atoms with E-state index in [1.54, 1.807) is 6.08 Å². The lowest BCUT2D eigenvalue weighted by Crippen LogP contribution is -2.30. The van der Waals surface area contributed by atoms with Gasteiger partial charge in [0.25, 0.3) is 5.91 Å². The van der Waals surface area contributed by atoms with Crippen molar-refractivity contribution in [1.82, 2.24) is 0 Å². The average molecular weight is 173 g/mol. The van der Waals surface area contributed by atoms with Gasteiger partial charge >= 0.3 is 0 Å². The number of amides is 1. The van der Waals surface area contributed by atoms with Crippen LogP contribution < -0.4 is 0 Å². The molecule has 0 saturated carbocycles. The van der Waals surface area contributed by atoms with E-state index in [0.717, 1.165) is 11.3 Å². The van der Waals surface area contributed by atoms with E-state index in [1.165, 1.54) is 0 Å². The Morgan fingerprint density at radius 3 is 2.92 bits per heavy atom. The Morgan fingerprint density at radius 1 is 1.38 bits per heavy atom. The van der Waals surface area contributed by atoms with Crippen molar-refractivity contribution in [3.8, 4) is 0 Å². The van der Waals surface area contributed by atoms with Gasteiger partial charge in [-0.25, -0.2) is 4.99 Å². The summed E-state index contributed by atoms with van der Waals surface area (Å²) in [6, 6.07) is 0. The Kier molecular flexibility index (Phi) is 1.59. The van der Waals surface area contributed by atoms with Crippen molar-refractivity contribution in [2.24, 2.45) is 10.4 Å². The fourth-order valence-electron chi connectivity index (χ4n) is 1.65. The molecular weight excluding hydrogens is 162 g/mol. The smallest absolute Gasteiger partial charge is 0.267 e. The fraction of sp³-hybridized carbons (Fsp3) is 0.273. The van der Waals surface area contributed by atoms with Gasteiger partial charge in [0.15, 0.2) is 0 Å². The lowest BCUT2D eigenvalue weighted by Gasteiger charge is -2.31. The summed E-state index contributed by atoms with van der Waals surface area (Å²) in [7, 11) is 0. The number of carbonyl (C=O) groups excluding carboxylic acids is 1. The van der Waals surface area contributed by atoms with E-state index in [9.17, 15) is 4.79 Å². The number of aliphatic imine (C=N–C) groups is 1. The number of hydrogen-bond donors (Lipinski definition) is 0. The third-order valence-corrected chi connectivity index (χ3v) is 2.72. The van der Waals surface area contributed by atoms with Crippen LogP contribution in [0.15, 0.2) is 40.9 Å². The number of allylic oxidation sites excluding steroid dienone is 5. The van der Waals surface area contributed by atoms with Crippen molar-refractivity contribution in [1.29, 1.82) is 0 Å². The van der Waals surface area contributed by atoms with Gasteiger partial charge in [0.05, 0.1) is 0 Å². The number of carbonyl (C=O) groups is 1. The highest BCUT2D eigenvalue weighted by Crippen LogP contribution is 2.36. The molecule has 1 aliphatic carbocycles. The number of nitrogens with zero attached hydrogens (tertiary/aromatic N) is 1. The molecule has 2 rings (SSSR count). The van der Waals surface area contributed by atoms with Gasteiger partial charge in [-0.1, -0.05) is 24.3 Å². The first kappa shape index (κ1) is 8.17. The first-order chi connectivity index (χ1) is 6.13. The van der Waals surface area contributed by atoms with Crippen molar-refractivity contribution < 1.29 is 4.79 Å². The molecule has 66 valence electrons. The highest BCUT2D eigenvalue weighted by atomic mass is 16.1. The normalized spacial score (nSPS) is 31.1. The number of fused-ring (bicyclic) bond motifs is 1. The molecule has 0 saturated heterocycles. The first-order valence-corrected chi connectivity index (χ1v) is 4.31. The zero-order chi connectivity index (χ0) is 9.47. The molecule has 1 amide bonds. The quantitative estimate of drug-likeness (QED) is 0.551. The summed E-state index contributed by atoms with van der Waals surface area (Å²) in [6.07, 6.45) is 9.58. The number of hydrogen-bond acceptors (Lipinski definition) is 1. The van der Waals surface area contributed by atoms with Crippen LogP contribution in [0.4, 0.5) is 0 Å². The summed E-state index contributed by atoms with van der Waals surface area (Å²) in [6.45, 7) is 3.97. The zero-order valence-electron chi connectivity index (χ0n) is 7.74. The minimum Gasteiger partial charge on any atom is -0.267 e. The second-order valence-corrected chi connectivity index (χ2v) is 3.56. The summed E-state index contributed by atoms with van der Waals surface area (Å²) < 4.78 is 0. The van der Waals surface area contributed by atoms with Gasteiger partial charge in [-0.05, 0) is 19.4 Å². The van der Waals surface area contributed by atoms with Gasteiger partial charge in [0.2, 0.25) is 0 Å². The van der Waals surface area contributed by atoms with Gasteiger partial charge in [-0.3, -0.25) is 4.79 Å². The Hall–Kier alpha value is -1.44. The second kappa shape index (κ2) is 2.52. The second-order valence-electron chi connectivity index (χ2n) is 3.56. The third kappa shape index (κ3) is 1.10. The molecular formula is C11H11NO. The minimum absolute atomic E-state index is 0.148. The maximum atomic E-state index is 11.1. The van der Waals surface area contributed by atoms with Crippen LogP contribution in [0, 0.1) is 5.41 Å². The summed E-state index contributed by atoms with van der Waals surface area (Å²) >= 11 is 0. The number of rotatable bonds is 0. The Labute approximate surface area is 77.4 Å². The zero-order valence-corrected chi connectivity index (χ0v) is 7.74. The molecule has 1 unspecified atom stereocenters. The van der Waals surface area contributed by atoms with E-state index in [-0.39, 0.29) is 11.3 Å². The van der Waals surface area contributed by atoms with Gasteiger partial charge in [0.1, 0.15) is 0 Å². The van der Waals surface area contributed by atoms with Crippen LogP contribution in [0.1, 0.15) is 13.8 Å². The molecule has 0 aromatic rings. The van der Waals surface area contributed by atoms with E-state index in [0.29, 0.717) is 0 Å². The topological polar surface area (TPSA) is 29.4 Å². The van der Waals surface area contributed by atoms with Crippen LogP contribution in [-0.4, -0.2) is 11.6 Å². The predicted octanol–water partition coefficient (Wildman–Crippen LogP) is 2.05. The molecule has 0 spiro atoms. The van der Waals surface area contributed by atoms with E-state index >= 15 is 0 Å². The van der Waals surface area contributed by atoms with Crippen LogP contribution in [0.3, 0.4) is 0 Å². The molecule has 1 atom stereocenters.